The van der Waals surface area contributed by atoms with Crippen molar-refractivity contribution in [1.29, 1.82) is 0 Å². The molecule has 2 saturated carbocycles. The second kappa shape index (κ2) is 3.48. The third kappa shape index (κ3) is 1.54. The Morgan fingerprint density at radius 1 is 1.27 bits per heavy atom. The lowest BCUT2D eigenvalue weighted by atomic mass is 9.69. The SMILES string of the molecule is CC(C)CNC1CC2CCC1(C)C2(C)C. The van der Waals surface area contributed by atoms with Gasteiger partial charge in [-0.2, -0.15) is 0 Å². The van der Waals surface area contributed by atoms with Gasteiger partial charge in [-0.15, -0.1) is 0 Å². The van der Waals surface area contributed by atoms with Crippen molar-refractivity contribution in [3.8, 4) is 0 Å². The number of hydrogen-bond donors (Lipinski definition) is 1. The molecule has 0 saturated heterocycles. The summed E-state index contributed by atoms with van der Waals surface area (Å²) in [6.45, 7) is 13.3. The van der Waals surface area contributed by atoms with E-state index < -0.39 is 0 Å². The van der Waals surface area contributed by atoms with Gasteiger partial charge in [-0.1, -0.05) is 34.6 Å². The molecule has 2 aliphatic rings. The molecule has 2 aliphatic carbocycles. The summed E-state index contributed by atoms with van der Waals surface area (Å²) < 4.78 is 0. The summed E-state index contributed by atoms with van der Waals surface area (Å²) in [5.74, 6) is 1.74. The highest BCUT2D eigenvalue weighted by Gasteiger charge is 2.60. The predicted octanol–water partition coefficient (Wildman–Crippen LogP) is 3.45. The first kappa shape index (κ1) is 11.4. The minimum atomic E-state index is 0.548. The zero-order valence-electron chi connectivity index (χ0n) is 11.1. The van der Waals surface area contributed by atoms with Gasteiger partial charge in [0.2, 0.25) is 0 Å². The van der Waals surface area contributed by atoms with Crippen molar-refractivity contribution in [1.82, 2.24) is 5.32 Å². The van der Waals surface area contributed by atoms with Gasteiger partial charge in [-0.3, -0.25) is 0 Å². The lowest BCUT2D eigenvalue weighted by Crippen LogP contribution is -2.45. The second-order valence-electron chi connectivity index (χ2n) is 6.97. The minimum Gasteiger partial charge on any atom is -0.313 e. The first-order valence-corrected chi connectivity index (χ1v) is 6.61. The van der Waals surface area contributed by atoms with Crippen LogP contribution in [0.4, 0.5) is 0 Å². The predicted molar refractivity (Wildman–Crippen MR) is 65.9 cm³/mol. The van der Waals surface area contributed by atoms with Crippen LogP contribution < -0.4 is 5.32 Å². The molecule has 1 heteroatoms. The van der Waals surface area contributed by atoms with Gasteiger partial charge in [0.25, 0.3) is 0 Å². The normalized spacial score (nSPS) is 42.8. The fourth-order valence-electron chi connectivity index (χ4n) is 3.89. The van der Waals surface area contributed by atoms with Crippen LogP contribution in [0, 0.1) is 22.7 Å². The summed E-state index contributed by atoms with van der Waals surface area (Å²) in [4.78, 5) is 0. The molecule has 0 aromatic carbocycles. The maximum atomic E-state index is 3.81. The Labute approximate surface area is 95.0 Å². The Bertz CT molecular complexity index is 244. The van der Waals surface area contributed by atoms with Gasteiger partial charge in [-0.05, 0) is 48.5 Å². The number of nitrogens with one attached hydrogen (secondary N) is 1. The summed E-state index contributed by atoms with van der Waals surface area (Å²) in [5, 5.41) is 3.81. The van der Waals surface area contributed by atoms with Crippen LogP contribution >= 0.6 is 0 Å². The molecule has 15 heavy (non-hydrogen) atoms. The van der Waals surface area contributed by atoms with Crippen LogP contribution in [0.5, 0.6) is 0 Å². The lowest BCUT2D eigenvalue weighted by Gasteiger charge is -2.40. The van der Waals surface area contributed by atoms with Crippen molar-refractivity contribution < 1.29 is 0 Å². The zero-order chi connectivity index (χ0) is 11.3. The number of hydrogen-bond acceptors (Lipinski definition) is 1. The van der Waals surface area contributed by atoms with E-state index in [1.807, 2.05) is 0 Å². The third-order valence-corrected chi connectivity index (χ3v) is 5.57. The number of fused-ring (bicyclic) bond motifs is 2. The Kier molecular flexibility index (Phi) is 2.65. The largest absolute Gasteiger partial charge is 0.313 e. The molecule has 0 aromatic heterocycles. The fourth-order valence-corrected chi connectivity index (χ4v) is 3.89. The molecule has 2 fully saturated rings. The van der Waals surface area contributed by atoms with E-state index in [4.69, 9.17) is 0 Å². The maximum Gasteiger partial charge on any atom is 0.0129 e. The van der Waals surface area contributed by atoms with E-state index >= 15 is 0 Å². The molecule has 0 amide bonds. The van der Waals surface area contributed by atoms with Crippen LogP contribution in [-0.2, 0) is 0 Å². The van der Waals surface area contributed by atoms with Crippen molar-refractivity contribution in [3.05, 3.63) is 0 Å². The van der Waals surface area contributed by atoms with Crippen LogP contribution in [0.3, 0.4) is 0 Å². The number of rotatable bonds is 3. The average molecular weight is 209 g/mol. The third-order valence-electron chi connectivity index (χ3n) is 5.57. The molecule has 0 aromatic rings. The monoisotopic (exact) mass is 209 g/mol. The lowest BCUT2D eigenvalue weighted by molar-refractivity contribution is 0.120. The molecular formula is C14H27N. The van der Waals surface area contributed by atoms with Gasteiger partial charge in [0.1, 0.15) is 0 Å². The molecule has 1 nitrogen and oxygen atoms in total. The van der Waals surface area contributed by atoms with E-state index in [9.17, 15) is 0 Å². The van der Waals surface area contributed by atoms with E-state index in [2.05, 4.69) is 39.9 Å². The summed E-state index contributed by atoms with van der Waals surface area (Å²) in [6.07, 6.45) is 4.31. The van der Waals surface area contributed by atoms with E-state index in [1.165, 1.54) is 25.8 Å². The van der Waals surface area contributed by atoms with Crippen molar-refractivity contribution in [3.63, 3.8) is 0 Å². The summed E-state index contributed by atoms with van der Waals surface area (Å²) >= 11 is 0. The second-order valence-corrected chi connectivity index (χ2v) is 6.97. The summed E-state index contributed by atoms with van der Waals surface area (Å²) in [7, 11) is 0. The van der Waals surface area contributed by atoms with Crippen molar-refractivity contribution in [2.24, 2.45) is 22.7 Å². The Morgan fingerprint density at radius 2 is 1.93 bits per heavy atom. The molecule has 0 spiro atoms. The van der Waals surface area contributed by atoms with E-state index in [0.29, 0.717) is 10.8 Å². The molecule has 0 radical (unpaired) electrons. The van der Waals surface area contributed by atoms with Crippen molar-refractivity contribution in [2.45, 2.75) is 59.9 Å². The highest BCUT2D eigenvalue weighted by Crippen LogP contribution is 2.65. The fraction of sp³-hybridized carbons (Fsp3) is 1.00. The van der Waals surface area contributed by atoms with Gasteiger partial charge < -0.3 is 5.32 Å². The van der Waals surface area contributed by atoms with Crippen LogP contribution in [0.2, 0.25) is 0 Å². The van der Waals surface area contributed by atoms with Crippen molar-refractivity contribution in [2.75, 3.05) is 6.54 Å². The molecule has 3 unspecified atom stereocenters. The summed E-state index contributed by atoms with van der Waals surface area (Å²) in [6, 6.07) is 0.772. The summed E-state index contributed by atoms with van der Waals surface area (Å²) in [5.41, 5.74) is 1.11. The van der Waals surface area contributed by atoms with Gasteiger partial charge in [-0.25, -0.2) is 0 Å². The molecule has 88 valence electrons. The molecule has 1 N–H and O–H groups in total. The van der Waals surface area contributed by atoms with Gasteiger partial charge >= 0.3 is 0 Å². The van der Waals surface area contributed by atoms with Crippen LogP contribution in [0.15, 0.2) is 0 Å². The van der Waals surface area contributed by atoms with E-state index in [-0.39, 0.29) is 0 Å². The van der Waals surface area contributed by atoms with Crippen LogP contribution in [0.1, 0.15) is 53.9 Å². The van der Waals surface area contributed by atoms with Gasteiger partial charge in [0.15, 0.2) is 0 Å². The zero-order valence-corrected chi connectivity index (χ0v) is 11.1. The molecule has 0 aliphatic heterocycles. The van der Waals surface area contributed by atoms with Crippen LogP contribution in [-0.4, -0.2) is 12.6 Å². The molecule has 3 atom stereocenters. The van der Waals surface area contributed by atoms with E-state index in [0.717, 1.165) is 17.9 Å². The maximum absolute atomic E-state index is 3.81. The topological polar surface area (TPSA) is 12.0 Å². The van der Waals surface area contributed by atoms with Crippen molar-refractivity contribution >= 4 is 0 Å². The molecule has 2 bridgehead atoms. The molecule has 2 rings (SSSR count). The van der Waals surface area contributed by atoms with E-state index in [1.54, 1.807) is 0 Å². The highest BCUT2D eigenvalue weighted by atomic mass is 15.0. The standard InChI is InChI=1S/C14H27N/c1-10(2)9-15-12-8-11-6-7-14(12,5)13(11,3)4/h10-12,15H,6-9H2,1-5H3. The highest BCUT2D eigenvalue weighted by molar-refractivity contribution is 5.12. The smallest absolute Gasteiger partial charge is 0.0129 e. The molecular weight excluding hydrogens is 182 g/mol. The first-order valence-electron chi connectivity index (χ1n) is 6.61. The Balaban J connectivity index is 2.06. The average Bonchev–Trinajstić information content (AvgIpc) is 2.46. The van der Waals surface area contributed by atoms with Crippen LogP contribution in [0.25, 0.3) is 0 Å². The Hall–Kier alpha value is -0.0400. The van der Waals surface area contributed by atoms with Gasteiger partial charge in [0.05, 0.1) is 0 Å². The van der Waals surface area contributed by atoms with Gasteiger partial charge in [0, 0.05) is 6.04 Å². The first-order chi connectivity index (χ1) is 6.88. The Morgan fingerprint density at radius 3 is 2.33 bits per heavy atom. The minimum absolute atomic E-state index is 0.548. The molecule has 0 heterocycles. The quantitative estimate of drug-likeness (QED) is 0.750.